The molecule has 86 valence electrons. The third-order valence-electron chi connectivity index (χ3n) is 2.67. The third kappa shape index (κ3) is 6.33. The van der Waals surface area contributed by atoms with Crippen LogP contribution in [0.2, 0.25) is 0 Å². The predicted octanol–water partition coefficient (Wildman–Crippen LogP) is 3.88. The van der Waals surface area contributed by atoms with Gasteiger partial charge in [0, 0.05) is 12.6 Å². The van der Waals surface area contributed by atoms with Crippen molar-refractivity contribution < 1.29 is 0 Å². The van der Waals surface area contributed by atoms with Gasteiger partial charge in [-0.3, -0.25) is 4.90 Å². The molecule has 0 bridgehead atoms. The van der Waals surface area contributed by atoms with E-state index >= 15 is 0 Å². The zero-order valence-corrected chi connectivity index (χ0v) is 12.4. The molecular formula is C11H27NP2. The first kappa shape index (κ1) is 14.8. The number of nitrogens with zero attached hydrogens (tertiary/aromatic N) is 1. The maximum Gasteiger partial charge on any atom is 0.0184 e. The maximum atomic E-state index is 2.58. The molecule has 1 nitrogen and oxygen atoms in total. The third-order valence-corrected chi connectivity index (χ3v) is 8.02. The minimum absolute atomic E-state index is 0.300. The first-order valence-corrected chi connectivity index (χ1v) is 9.60. The first-order chi connectivity index (χ1) is 6.67. The fourth-order valence-corrected chi connectivity index (χ4v) is 4.99. The van der Waals surface area contributed by atoms with Crippen molar-refractivity contribution in [1.82, 2.24) is 4.90 Å². The Labute approximate surface area is 93.1 Å². The average Bonchev–Trinajstić information content (AvgIpc) is 2.22. The lowest BCUT2D eigenvalue weighted by Crippen LogP contribution is -2.20. The molecule has 0 aromatic heterocycles. The van der Waals surface area contributed by atoms with Gasteiger partial charge >= 0.3 is 0 Å². The van der Waals surface area contributed by atoms with E-state index in [0.717, 1.165) is 0 Å². The molecule has 0 saturated carbocycles. The lowest BCUT2D eigenvalue weighted by molar-refractivity contribution is 0.457. The van der Waals surface area contributed by atoms with Gasteiger partial charge in [-0.05, 0) is 31.7 Å². The summed E-state index contributed by atoms with van der Waals surface area (Å²) in [7, 11) is 2.91. The van der Waals surface area contributed by atoms with Gasteiger partial charge in [0.05, 0.1) is 0 Å². The van der Waals surface area contributed by atoms with Crippen LogP contribution in [-0.2, 0) is 0 Å². The molecule has 0 saturated heterocycles. The minimum Gasteiger partial charge on any atom is -0.298 e. The molecule has 0 radical (unpaired) electrons. The minimum atomic E-state index is 0.300. The van der Waals surface area contributed by atoms with Gasteiger partial charge in [-0.25, -0.2) is 0 Å². The second-order valence-corrected chi connectivity index (χ2v) is 9.52. The Bertz CT molecular complexity index is 108. The van der Waals surface area contributed by atoms with E-state index in [-0.39, 0.29) is 0 Å². The van der Waals surface area contributed by atoms with Crippen molar-refractivity contribution in [3.05, 3.63) is 0 Å². The van der Waals surface area contributed by atoms with E-state index in [0.29, 0.717) is 15.8 Å². The molecule has 0 aliphatic heterocycles. The Morgan fingerprint density at radius 1 is 0.714 bits per heavy atom. The van der Waals surface area contributed by atoms with E-state index in [4.69, 9.17) is 0 Å². The highest BCUT2D eigenvalue weighted by molar-refractivity contribution is 7.58. The van der Waals surface area contributed by atoms with Crippen LogP contribution < -0.4 is 0 Å². The summed E-state index contributed by atoms with van der Waals surface area (Å²) >= 11 is 0. The van der Waals surface area contributed by atoms with Crippen LogP contribution in [-0.4, -0.2) is 49.2 Å². The summed E-state index contributed by atoms with van der Waals surface area (Å²) in [6.07, 6.45) is 8.31. The lowest BCUT2D eigenvalue weighted by Gasteiger charge is -2.26. The summed E-state index contributed by atoms with van der Waals surface area (Å²) in [6.45, 7) is 9.36. The highest BCUT2D eigenvalue weighted by atomic mass is 31.1. The fraction of sp³-hybridized carbons (Fsp3) is 1.00. The number of hydrogen-bond donors (Lipinski definition) is 0. The lowest BCUT2D eigenvalue weighted by atomic mass is 10.9. The van der Waals surface area contributed by atoms with Gasteiger partial charge in [0.15, 0.2) is 0 Å². The smallest absolute Gasteiger partial charge is 0.0184 e. The number of rotatable bonds is 8. The van der Waals surface area contributed by atoms with Crippen LogP contribution in [0.25, 0.3) is 0 Å². The Kier molecular flexibility index (Phi) is 9.61. The summed E-state index contributed by atoms with van der Waals surface area (Å²) in [5.41, 5.74) is 0. The molecule has 0 aromatic rings. The Morgan fingerprint density at radius 2 is 1.00 bits per heavy atom. The Hall–Kier alpha value is 0.820. The average molecular weight is 235 g/mol. The van der Waals surface area contributed by atoms with Gasteiger partial charge in [-0.15, -0.1) is 0 Å². The molecule has 0 atom stereocenters. The van der Waals surface area contributed by atoms with E-state index in [9.17, 15) is 0 Å². The molecule has 0 fully saturated rings. The zero-order chi connectivity index (χ0) is 11.0. The molecule has 0 spiro atoms. The second kappa shape index (κ2) is 9.08. The van der Waals surface area contributed by atoms with Gasteiger partial charge in [0.2, 0.25) is 0 Å². The molecule has 0 rings (SSSR count). The van der Waals surface area contributed by atoms with Crippen molar-refractivity contribution in [3.63, 3.8) is 0 Å². The SMILES string of the molecule is CCP(CC)CN(C)CP(CC)CC. The number of hydrogen-bond acceptors (Lipinski definition) is 1. The van der Waals surface area contributed by atoms with E-state index in [2.05, 4.69) is 39.6 Å². The van der Waals surface area contributed by atoms with Crippen molar-refractivity contribution in [2.24, 2.45) is 0 Å². The van der Waals surface area contributed by atoms with Crippen LogP contribution in [0.4, 0.5) is 0 Å². The van der Waals surface area contributed by atoms with E-state index in [1.807, 2.05) is 0 Å². The van der Waals surface area contributed by atoms with Crippen LogP contribution in [0.1, 0.15) is 27.7 Å². The molecule has 0 aromatic carbocycles. The van der Waals surface area contributed by atoms with Crippen LogP contribution >= 0.6 is 15.8 Å². The van der Waals surface area contributed by atoms with Crippen molar-refractivity contribution in [3.8, 4) is 0 Å². The molecule has 0 heterocycles. The highest BCUT2D eigenvalue weighted by Crippen LogP contribution is 2.39. The van der Waals surface area contributed by atoms with Crippen molar-refractivity contribution in [2.45, 2.75) is 27.7 Å². The van der Waals surface area contributed by atoms with E-state index < -0.39 is 0 Å². The van der Waals surface area contributed by atoms with Crippen molar-refractivity contribution in [1.29, 1.82) is 0 Å². The topological polar surface area (TPSA) is 3.24 Å². The molecule has 0 unspecified atom stereocenters. The van der Waals surface area contributed by atoms with Crippen LogP contribution in [0.3, 0.4) is 0 Å². The monoisotopic (exact) mass is 235 g/mol. The zero-order valence-electron chi connectivity index (χ0n) is 10.6. The fourth-order valence-electron chi connectivity index (χ4n) is 1.57. The molecule has 3 heteroatoms. The van der Waals surface area contributed by atoms with Crippen LogP contribution in [0.15, 0.2) is 0 Å². The van der Waals surface area contributed by atoms with E-state index in [1.54, 1.807) is 0 Å². The van der Waals surface area contributed by atoms with Gasteiger partial charge in [-0.2, -0.15) is 0 Å². The second-order valence-electron chi connectivity index (χ2n) is 3.75. The van der Waals surface area contributed by atoms with Gasteiger partial charge < -0.3 is 0 Å². The molecule has 0 N–H and O–H groups in total. The summed E-state index contributed by atoms with van der Waals surface area (Å²) in [5, 5.41) is 0. The van der Waals surface area contributed by atoms with Gasteiger partial charge in [0.25, 0.3) is 0 Å². The molecule has 0 aliphatic carbocycles. The highest BCUT2D eigenvalue weighted by Gasteiger charge is 2.10. The van der Waals surface area contributed by atoms with Gasteiger partial charge in [0.1, 0.15) is 0 Å². The normalized spacial score (nSPS) is 12.0. The standard InChI is InChI=1S/C11H27NP2/c1-6-13(7-2)10-12(5)11-14(8-3)9-4/h6-11H2,1-5H3. The summed E-state index contributed by atoms with van der Waals surface area (Å²) < 4.78 is 0. The summed E-state index contributed by atoms with van der Waals surface area (Å²) in [6, 6.07) is 0. The van der Waals surface area contributed by atoms with Crippen molar-refractivity contribution in [2.75, 3.05) is 44.3 Å². The van der Waals surface area contributed by atoms with Gasteiger partial charge in [-0.1, -0.05) is 43.5 Å². The molecule has 14 heavy (non-hydrogen) atoms. The van der Waals surface area contributed by atoms with Crippen molar-refractivity contribution >= 4 is 15.8 Å². The maximum absolute atomic E-state index is 2.58. The van der Waals surface area contributed by atoms with E-state index in [1.165, 1.54) is 37.2 Å². The Balaban J connectivity index is 3.77. The quantitative estimate of drug-likeness (QED) is 0.577. The molecular weight excluding hydrogens is 208 g/mol. The van der Waals surface area contributed by atoms with Crippen LogP contribution in [0.5, 0.6) is 0 Å². The summed E-state index contributed by atoms with van der Waals surface area (Å²) in [4.78, 5) is 2.58. The predicted molar refractivity (Wildman–Crippen MR) is 73.5 cm³/mol. The molecule has 0 amide bonds. The summed E-state index contributed by atoms with van der Waals surface area (Å²) in [5.74, 6) is 0. The Morgan fingerprint density at radius 3 is 1.21 bits per heavy atom. The molecule has 0 aliphatic rings. The first-order valence-electron chi connectivity index (χ1n) is 5.81. The van der Waals surface area contributed by atoms with Crippen LogP contribution in [0, 0.1) is 0 Å². The largest absolute Gasteiger partial charge is 0.298 e.